The Morgan fingerprint density at radius 2 is 1.78 bits per heavy atom. The third kappa shape index (κ3) is 2.75. The maximum atomic E-state index is 12.8. The van der Waals surface area contributed by atoms with Gasteiger partial charge in [0.05, 0.1) is 11.6 Å². The van der Waals surface area contributed by atoms with Crippen molar-refractivity contribution in [3.8, 4) is 5.75 Å². The van der Waals surface area contributed by atoms with E-state index in [1.54, 1.807) is 18.2 Å². The number of para-hydroxylation sites is 1. The number of amides is 1. The van der Waals surface area contributed by atoms with Crippen molar-refractivity contribution in [1.29, 1.82) is 0 Å². The van der Waals surface area contributed by atoms with Crippen LogP contribution in [0.15, 0.2) is 29.4 Å². The number of hydrogen-bond acceptors (Lipinski definition) is 3. The molecule has 4 heteroatoms. The van der Waals surface area contributed by atoms with Gasteiger partial charge in [0.1, 0.15) is 5.75 Å². The van der Waals surface area contributed by atoms with E-state index in [0.29, 0.717) is 5.56 Å². The molecule has 1 aromatic carbocycles. The van der Waals surface area contributed by atoms with E-state index in [4.69, 9.17) is 0 Å². The van der Waals surface area contributed by atoms with Crippen molar-refractivity contribution in [2.75, 3.05) is 0 Å². The number of carbonyl (C=O) groups excluding carboxylic acids is 1. The molecule has 2 unspecified atom stereocenters. The summed E-state index contributed by atoms with van der Waals surface area (Å²) in [6, 6.07) is 7.00. The molecule has 4 aliphatic carbocycles. The number of nitrogens with one attached hydrogen (secondary N) is 1. The first kappa shape index (κ1) is 14.7. The summed E-state index contributed by atoms with van der Waals surface area (Å²) in [5.41, 5.74) is 3.19. The van der Waals surface area contributed by atoms with Crippen molar-refractivity contribution in [2.45, 2.75) is 44.9 Å². The lowest BCUT2D eigenvalue weighted by Gasteiger charge is -2.46. The van der Waals surface area contributed by atoms with Crippen LogP contribution < -0.4 is 5.43 Å². The summed E-state index contributed by atoms with van der Waals surface area (Å²) in [7, 11) is 0. The zero-order chi connectivity index (χ0) is 15.9. The van der Waals surface area contributed by atoms with Crippen LogP contribution in [0.1, 0.15) is 50.5 Å². The number of benzene rings is 1. The number of fused-ring (bicyclic) bond motifs is 1. The molecule has 0 spiro atoms. The zero-order valence-electron chi connectivity index (χ0n) is 13.4. The van der Waals surface area contributed by atoms with Gasteiger partial charge in [-0.15, -0.1) is 0 Å². The first-order valence-corrected chi connectivity index (χ1v) is 8.76. The van der Waals surface area contributed by atoms with Crippen LogP contribution in [0.3, 0.4) is 0 Å². The summed E-state index contributed by atoms with van der Waals surface area (Å²) in [4.78, 5) is 12.8. The lowest BCUT2D eigenvalue weighted by molar-refractivity contribution is -0.138. The van der Waals surface area contributed by atoms with Crippen LogP contribution in [0.4, 0.5) is 0 Å². The van der Waals surface area contributed by atoms with E-state index in [9.17, 15) is 9.90 Å². The largest absolute Gasteiger partial charge is 0.507 e. The molecule has 0 saturated heterocycles. The maximum absolute atomic E-state index is 12.8. The van der Waals surface area contributed by atoms with Gasteiger partial charge in [0, 0.05) is 5.56 Å². The minimum absolute atomic E-state index is 0.0884. The average molecular weight is 312 g/mol. The van der Waals surface area contributed by atoms with Gasteiger partial charge in [-0.2, -0.15) is 5.10 Å². The number of phenols is 1. The number of hydrogen-bond donors (Lipinski definition) is 2. The number of nitrogens with zero attached hydrogens (tertiary/aromatic N) is 1. The van der Waals surface area contributed by atoms with Gasteiger partial charge in [-0.1, -0.05) is 25.0 Å². The Morgan fingerprint density at radius 1 is 1.13 bits per heavy atom. The van der Waals surface area contributed by atoms with Gasteiger partial charge in [0.2, 0.25) is 5.91 Å². The number of rotatable bonds is 3. The first-order chi connectivity index (χ1) is 11.1. The molecule has 122 valence electrons. The molecular formula is C19H24N2O2. The summed E-state index contributed by atoms with van der Waals surface area (Å²) in [6.45, 7) is 0. The van der Waals surface area contributed by atoms with Gasteiger partial charge in [-0.25, -0.2) is 5.43 Å². The van der Waals surface area contributed by atoms with Crippen molar-refractivity contribution >= 4 is 12.1 Å². The van der Waals surface area contributed by atoms with Crippen molar-refractivity contribution in [3.63, 3.8) is 0 Å². The first-order valence-electron chi connectivity index (χ1n) is 8.76. The van der Waals surface area contributed by atoms with E-state index < -0.39 is 0 Å². The fourth-order valence-electron chi connectivity index (χ4n) is 5.35. The van der Waals surface area contributed by atoms with Gasteiger partial charge in [0.15, 0.2) is 0 Å². The molecule has 0 aromatic heterocycles. The molecule has 0 heterocycles. The van der Waals surface area contributed by atoms with Crippen LogP contribution in [0.5, 0.6) is 5.75 Å². The minimum Gasteiger partial charge on any atom is -0.507 e. The molecule has 23 heavy (non-hydrogen) atoms. The second-order valence-electron chi connectivity index (χ2n) is 7.80. The van der Waals surface area contributed by atoms with Crippen LogP contribution in [-0.4, -0.2) is 17.2 Å². The van der Waals surface area contributed by atoms with Crippen LogP contribution in [0, 0.1) is 23.2 Å². The number of hydrazone groups is 1. The van der Waals surface area contributed by atoms with E-state index in [-0.39, 0.29) is 17.1 Å². The summed E-state index contributed by atoms with van der Waals surface area (Å²) in [5, 5.41) is 13.8. The Labute approximate surface area is 137 Å². The van der Waals surface area contributed by atoms with Gasteiger partial charge >= 0.3 is 0 Å². The zero-order valence-corrected chi connectivity index (χ0v) is 13.4. The Kier molecular flexibility index (Phi) is 3.63. The summed E-state index contributed by atoms with van der Waals surface area (Å²) in [6.07, 6.45) is 9.91. The minimum atomic E-state index is -0.191. The molecule has 4 saturated carbocycles. The van der Waals surface area contributed by atoms with E-state index in [2.05, 4.69) is 10.5 Å². The lowest BCUT2D eigenvalue weighted by Crippen LogP contribution is -2.47. The highest BCUT2D eigenvalue weighted by atomic mass is 16.3. The van der Waals surface area contributed by atoms with Gasteiger partial charge in [-0.05, 0) is 62.0 Å². The van der Waals surface area contributed by atoms with Crippen molar-refractivity contribution in [3.05, 3.63) is 29.8 Å². The van der Waals surface area contributed by atoms with Crippen LogP contribution >= 0.6 is 0 Å². The summed E-state index contributed by atoms with van der Waals surface area (Å²) < 4.78 is 0. The van der Waals surface area contributed by atoms with Crippen molar-refractivity contribution < 1.29 is 9.90 Å². The molecule has 4 bridgehead atoms. The SMILES string of the molecule is O=C(NN=Cc1ccccc1O)C12CC3CCC(CC(C3)C1)C2. The molecule has 4 aliphatic rings. The second kappa shape index (κ2) is 5.66. The maximum Gasteiger partial charge on any atom is 0.246 e. The molecule has 4 fully saturated rings. The van der Waals surface area contributed by atoms with Crippen molar-refractivity contribution in [1.82, 2.24) is 5.43 Å². The van der Waals surface area contributed by atoms with E-state index >= 15 is 0 Å². The van der Waals surface area contributed by atoms with Gasteiger partial charge in [0.25, 0.3) is 0 Å². The van der Waals surface area contributed by atoms with E-state index in [0.717, 1.165) is 37.0 Å². The Balaban J connectivity index is 1.48. The fraction of sp³-hybridized carbons (Fsp3) is 0.579. The Morgan fingerprint density at radius 3 is 2.48 bits per heavy atom. The fourth-order valence-corrected chi connectivity index (χ4v) is 5.35. The summed E-state index contributed by atoms with van der Waals surface area (Å²) >= 11 is 0. The predicted octanol–water partition coefficient (Wildman–Crippen LogP) is 3.45. The molecule has 2 atom stereocenters. The van der Waals surface area contributed by atoms with Crippen LogP contribution in [-0.2, 0) is 4.79 Å². The molecule has 1 aromatic rings. The number of carbonyl (C=O) groups is 1. The molecule has 0 aliphatic heterocycles. The standard InChI is InChI=1S/C19H24N2O2/c22-17-4-2-1-3-16(17)12-20-21-18(23)19-9-13-5-6-14(10-19)8-15(7-13)11-19/h1-4,12-15,22H,5-11H2,(H,21,23). The van der Waals surface area contributed by atoms with Crippen molar-refractivity contribution in [2.24, 2.45) is 28.3 Å². The molecule has 2 N–H and O–H groups in total. The van der Waals surface area contributed by atoms with E-state index in [1.807, 2.05) is 6.07 Å². The van der Waals surface area contributed by atoms with Gasteiger partial charge < -0.3 is 5.11 Å². The third-order valence-electron chi connectivity index (χ3n) is 6.14. The highest BCUT2D eigenvalue weighted by Gasteiger charge is 2.52. The number of phenolic OH excluding ortho intramolecular Hbond substituents is 1. The second-order valence-corrected chi connectivity index (χ2v) is 7.80. The number of aromatic hydroxyl groups is 1. The Hall–Kier alpha value is -1.84. The monoisotopic (exact) mass is 312 g/mol. The topological polar surface area (TPSA) is 61.7 Å². The van der Waals surface area contributed by atoms with Crippen LogP contribution in [0.25, 0.3) is 0 Å². The Bertz CT molecular complexity index is 624. The van der Waals surface area contributed by atoms with Crippen LogP contribution in [0.2, 0.25) is 0 Å². The molecule has 1 amide bonds. The highest BCUT2D eigenvalue weighted by molar-refractivity contribution is 5.87. The average Bonchev–Trinajstić information content (AvgIpc) is 2.75. The third-order valence-corrected chi connectivity index (χ3v) is 6.14. The summed E-state index contributed by atoms with van der Waals surface area (Å²) in [5.74, 6) is 2.47. The van der Waals surface area contributed by atoms with E-state index in [1.165, 1.54) is 31.9 Å². The molecule has 4 nitrogen and oxygen atoms in total. The molecular weight excluding hydrogens is 288 g/mol. The molecule has 0 radical (unpaired) electrons. The molecule has 5 rings (SSSR count). The lowest BCUT2D eigenvalue weighted by atomic mass is 9.58. The smallest absolute Gasteiger partial charge is 0.246 e. The normalized spacial score (nSPS) is 35.4. The van der Waals surface area contributed by atoms with Gasteiger partial charge in [-0.3, -0.25) is 4.79 Å². The quantitative estimate of drug-likeness (QED) is 0.663. The predicted molar refractivity (Wildman–Crippen MR) is 89.1 cm³/mol. The highest BCUT2D eigenvalue weighted by Crippen LogP contribution is 2.57.